The van der Waals surface area contributed by atoms with Gasteiger partial charge in [0.05, 0.1) is 31.2 Å². The third-order valence-corrected chi connectivity index (χ3v) is 5.26. The van der Waals surface area contributed by atoms with E-state index in [-0.39, 0.29) is 11.7 Å². The molecule has 1 amide bonds. The molecular weight excluding hydrogens is 420 g/mol. The molecule has 0 unspecified atom stereocenters. The number of nitrogens with one attached hydrogen (secondary N) is 2. The number of pyridine rings is 1. The number of H-pyrrole nitrogens is 1. The molecule has 0 aliphatic carbocycles. The molecule has 0 atom stereocenters. The average Bonchev–Trinajstić information content (AvgIpc) is 3.02. The summed E-state index contributed by atoms with van der Waals surface area (Å²) in [4.78, 5) is 24.2. The number of aromatic amines is 1. The number of methoxy groups -OCH3 is 2. The Kier molecular flexibility index (Phi) is 5.67. The standard InChI is InChI=1S/C17H17BrN4O3S/c1-9-11(18)7-12-16(19-9)22-17(21-12)26-8-15(23)20-10-4-5-13(24-2)14(6-10)25-3/h4-7H,8H2,1-3H3,(H,20,23)(H,19,21,22). The van der Waals surface area contributed by atoms with E-state index in [1.165, 1.54) is 11.8 Å². The normalized spacial score (nSPS) is 10.8. The summed E-state index contributed by atoms with van der Waals surface area (Å²) in [5.74, 6) is 1.24. The molecule has 1 aromatic carbocycles. The van der Waals surface area contributed by atoms with Crippen LogP contribution in [0, 0.1) is 6.92 Å². The van der Waals surface area contributed by atoms with Crippen LogP contribution >= 0.6 is 27.7 Å². The number of nitrogens with zero attached hydrogens (tertiary/aromatic N) is 2. The minimum absolute atomic E-state index is 0.145. The number of thioether (sulfide) groups is 1. The number of aryl methyl sites for hydroxylation is 1. The highest BCUT2D eigenvalue weighted by Gasteiger charge is 2.11. The minimum Gasteiger partial charge on any atom is -0.493 e. The molecule has 0 aliphatic heterocycles. The summed E-state index contributed by atoms with van der Waals surface area (Å²) in [7, 11) is 3.12. The van der Waals surface area contributed by atoms with Crippen molar-refractivity contribution in [3.05, 3.63) is 34.4 Å². The van der Waals surface area contributed by atoms with E-state index in [0.29, 0.717) is 28.0 Å². The molecule has 0 bridgehead atoms. The first-order chi connectivity index (χ1) is 12.5. The van der Waals surface area contributed by atoms with Crippen LogP contribution in [0.2, 0.25) is 0 Å². The first kappa shape index (κ1) is 18.5. The van der Waals surface area contributed by atoms with Crippen LogP contribution in [0.15, 0.2) is 33.9 Å². The van der Waals surface area contributed by atoms with Crippen molar-refractivity contribution in [2.24, 2.45) is 0 Å². The predicted octanol–water partition coefficient (Wildman–Crippen LogP) is 3.78. The lowest BCUT2D eigenvalue weighted by Crippen LogP contribution is -2.14. The van der Waals surface area contributed by atoms with Crippen molar-refractivity contribution in [3.63, 3.8) is 0 Å². The summed E-state index contributed by atoms with van der Waals surface area (Å²) in [6, 6.07) is 7.15. The van der Waals surface area contributed by atoms with Crippen molar-refractivity contribution < 1.29 is 14.3 Å². The molecule has 0 saturated carbocycles. The van der Waals surface area contributed by atoms with Crippen molar-refractivity contribution in [2.45, 2.75) is 12.1 Å². The fourth-order valence-corrected chi connectivity index (χ4v) is 3.29. The van der Waals surface area contributed by atoms with Crippen molar-refractivity contribution in [3.8, 4) is 11.5 Å². The third kappa shape index (κ3) is 4.10. The fourth-order valence-electron chi connectivity index (χ4n) is 2.30. The number of carbonyl (C=O) groups excluding carboxylic acids is 1. The van der Waals surface area contributed by atoms with E-state index < -0.39 is 0 Å². The van der Waals surface area contributed by atoms with Crippen LogP contribution in [0.3, 0.4) is 0 Å². The maximum absolute atomic E-state index is 12.2. The number of halogens is 1. The molecular formula is C17H17BrN4O3S. The molecule has 2 N–H and O–H groups in total. The lowest BCUT2D eigenvalue weighted by atomic mass is 10.2. The number of imidazole rings is 1. The lowest BCUT2D eigenvalue weighted by Gasteiger charge is -2.10. The van der Waals surface area contributed by atoms with Gasteiger partial charge in [0, 0.05) is 16.2 Å². The van der Waals surface area contributed by atoms with Gasteiger partial charge in [-0.15, -0.1) is 0 Å². The molecule has 7 nitrogen and oxygen atoms in total. The van der Waals surface area contributed by atoms with Gasteiger partial charge in [-0.1, -0.05) is 11.8 Å². The Balaban J connectivity index is 1.64. The number of aromatic nitrogens is 3. The Hall–Kier alpha value is -2.26. The van der Waals surface area contributed by atoms with Crippen LogP contribution in [-0.4, -0.2) is 40.8 Å². The van der Waals surface area contributed by atoms with E-state index >= 15 is 0 Å². The molecule has 9 heteroatoms. The van der Waals surface area contributed by atoms with Crippen molar-refractivity contribution >= 4 is 50.5 Å². The molecule has 0 spiro atoms. The second-order valence-electron chi connectivity index (χ2n) is 5.38. The maximum Gasteiger partial charge on any atom is 0.234 e. The van der Waals surface area contributed by atoms with Gasteiger partial charge >= 0.3 is 0 Å². The van der Waals surface area contributed by atoms with Gasteiger partial charge < -0.3 is 19.8 Å². The molecule has 26 heavy (non-hydrogen) atoms. The monoisotopic (exact) mass is 436 g/mol. The summed E-state index contributed by atoms with van der Waals surface area (Å²) in [6.07, 6.45) is 0. The van der Waals surface area contributed by atoms with Gasteiger partial charge in [0.25, 0.3) is 0 Å². The number of amides is 1. The maximum atomic E-state index is 12.2. The van der Waals surface area contributed by atoms with E-state index in [2.05, 4.69) is 36.2 Å². The highest BCUT2D eigenvalue weighted by Crippen LogP contribution is 2.30. The Morgan fingerprint density at radius 2 is 2.00 bits per heavy atom. The number of rotatable bonds is 6. The second-order valence-corrected chi connectivity index (χ2v) is 7.19. The fraction of sp³-hybridized carbons (Fsp3) is 0.235. The van der Waals surface area contributed by atoms with E-state index in [0.717, 1.165) is 15.7 Å². The van der Waals surface area contributed by atoms with Gasteiger partial charge in [0.15, 0.2) is 22.3 Å². The third-order valence-electron chi connectivity index (χ3n) is 3.59. The Labute approximate surface area is 163 Å². The Bertz CT molecular complexity index is 922. The minimum atomic E-state index is -0.145. The zero-order valence-corrected chi connectivity index (χ0v) is 16.8. The number of anilines is 1. The number of ether oxygens (including phenoxy) is 2. The summed E-state index contributed by atoms with van der Waals surface area (Å²) in [5.41, 5.74) is 2.96. The molecule has 0 aliphatic rings. The molecule has 3 aromatic rings. The van der Waals surface area contributed by atoms with E-state index in [9.17, 15) is 4.79 Å². The van der Waals surface area contributed by atoms with Gasteiger partial charge in [-0.05, 0) is 41.1 Å². The first-order valence-electron chi connectivity index (χ1n) is 7.67. The van der Waals surface area contributed by atoms with E-state index in [4.69, 9.17) is 9.47 Å². The van der Waals surface area contributed by atoms with E-state index in [1.54, 1.807) is 32.4 Å². The molecule has 0 saturated heterocycles. The molecule has 3 rings (SSSR count). The summed E-state index contributed by atoms with van der Waals surface area (Å²) < 4.78 is 11.3. The topological polar surface area (TPSA) is 89.1 Å². The lowest BCUT2D eigenvalue weighted by molar-refractivity contribution is -0.113. The van der Waals surface area contributed by atoms with Crippen LogP contribution in [0.1, 0.15) is 5.69 Å². The number of fused-ring (bicyclic) bond motifs is 1. The van der Waals surface area contributed by atoms with Gasteiger partial charge in [-0.3, -0.25) is 4.79 Å². The van der Waals surface area contributed by atoms with Gasteiger partial charge in [-0.25, -0.2) is 9.97 Å². The summed E-state index contributed by atoms with van der Waals surface area (Å²) >= 11 is 4.76. The van der Waals surface area contributed by atoms with Crippen LogP contribution < -0.4 is 14.8 Å². The molecule has 0 fully saturated rings. The molecule has 0 radical (unpaired) electrons. The summed E-state index contributed by atoms with van der Waals surface area (Å²) in [6.45, 7) is 1.90. The largest absolute Gasteiger partial charge is 0.493 e. The van der Waals surface area contributed by atoms with Crippen LogP contribution in [0.5, 0.6) is 11.5 Å². The van der Waals surface area contributed by atoms with Crippen LogP contribution in [-0.2, 0) is 4.79 Å². The van der Waals surface area contributed by atoms with Crippen LogP contribution in [0.4, 0.5) is 5.69 Å². The Morgan fingerprint density at radius 1 is 1.23 bits per heavy atom. The number of hydrogen-bond acceptors (Lipinski definition) is 6. The second kappa shape index (κ2) is 7.96. The average molecular weight is 437 g/mol. The number of hydrogen-bond donors (Lipinski definition) is 2. The Morgan fingerprint density at radius 3 is 2.73 bits per heavy atom. The quantitative estimate of drug-likeness (QED) is 0.571. The SMILES string of the molecule is COc1ccc(NC(=O)CSc2nc3nc(C)c(Br)cc3[nH]2)cc1OC. The van der Waals surface area contributed by atoms with E-state index in [1.807, 2.05) is 13.0 Å². The highest BCUT2D eigenvalue weighted by molar-refractivity contribution is 9.10. The number of carbonyl (C=O) groups is 1. The molecule has 2 heterocycles. The van der Waals surface area contributed by atoms with Gasteiger partial charge in [-0.2, -0.15) is 0 Å². The zero-order valence-electron chi connectivity index (χ0n) is 14.4. The predicted molar refractivity (Wildman–Crippen MR) is 105 cm³/mol. The van der Waals surface area contributed by atoms with Crippen molar-refractivity contribution in [1.82, 2.24) is 15.0 Å². The smallest absolute Gasteiger partial charge is 0.234 e. The van der Waals surface area contributed by atoms with Crippen molar-refractivity contribution in [2.75, 3.05) is 25.3 Å². The van der Waals surface area contributed by atoms with Gasteiger partial charge in [0.1, 0.15) is 0 Å². The number of benzene rings is 1. The zero-order chi connectivity index (χ0) is 18.7. The highest BCUT2D eigenvalue weighted by atomic mass is 79.9. The van der Waals surface area contributed by atoms with Crippen molar-refractivity contribution in [1.29, 1.82) is 0 Å². The van der Waals surface area contributed by atoms with Crippen LogP contribution in [0.25, 0.3) is 11.2 Å². The molecule has 136 valence electrons. The molecule has 2 aromatic heterocycles. The van der Waals surface area contributed by atoms with Gasteiger partial charge in [0.2, 0.25) is 5.91 Å². The first-order valence-corrected chi connectivity index (χ1v) is 9.45. The summed E-state index contributed by atoms with van der Waals surface area (Å²) in [5, 5.41) is 3.48.